The Bertz CT molecular complexity index is 975. The van der Waals surface area contributed by atoms with Crippen LogP contribution in [0.25, 0.3) is 16.5 Å². The van der Waals surface area contributed by atoms with Crippen LogP contribution in [0.4, 0.5) is 5.82 Å². The average molecular weight is 396 g/mol. The summed E-state index contributed by atoms with van der Waals surface area (Å²) in [7, 11) is 4.20. The smallest absolute Gasteiger partial charge is 0.161 e. The number of ether oxygens (including phenoxy) is 1. The number of nitrogens with zero attached hydrogens (tertiary/aromatic N) is 5. The van der Waals surface area contributed by atoms with Crippen molar-refractivity contribution in [3.63, 3.8) is 0 Å². The van der Waals surface area contributed by atoms with Gasteiger partial charge in [-0.1, -0.05) is 0 Å². The highest BCUT2D eigenvalue weighted by molar-refractivity contribution is 5.98. The van der Waals surface area contributed by atoms with Gasteiger partial charge in [-0.25, -0.2) is 0 Å². The number of anilines is 1. The van der Waals surface area contributed by atoms with Gasteiger partial charge in [0.1, 0.15) is 5.75 Å². The SMILES string of the molecule is CCOc1ccc(-n2c(C)c3c(C)nnc(N(CC)CCN(C)C)c3c2C)cc1. The van der Waals surface area contributed by atoms with Crippen molar-refractivity contribution in [3.05, 3.63) is 41.3 Å². The normalized spacial score (nSPS) is 11.4. The van der Waals surface area contributed by atoms with E-state index in [4.69, 9.17) is 4.74 Å². The first-order valence-corrected chi connectivity index (χ1v) is 10.4. The number of likely N-dealkylation sites (N-methyl/N-ethyl adjacent to an activating group) is 2. The van der Waals surface area contributed by atoms with Crippen molar-refractivity contribution in [2.24, 2.45) is 0 Å². The van der Waals surface area contributed by atoms with Crippen LogP contribution in [0.1, 0.15) is 30.9 Å². The van der Waals surface area contributed by atoms with Gasteiger partial charge in [-0.3, -0.25) is 0 Å². The maximum absolute atomic E-state index is 5.61. The Labute approximate surface area is 174 Å². The zero-order valence-corrected chi connectivity index (χ0v) is 18.8. The number of fused-ring (bicyclic) bond motifs is 1. The predicted molar refractivity (Wildman–Crippen MR) is 121 cm³/mol. The third kappa shape index (κ3) is 4.08. The number of benzene rings is 1. The van der Waals surface area contributed by atoms with Crippen molar-refractivity contribution < 1.29 is 4.74 Å². The maximum Gasteiger partial charge on any atom is 0.161 e. The molecule has 29 heavy (non-hydrogen) atoms. The minimum Gasteiger partial charge on any atom is -0.494 e. The van der Waals surface area contributed by atoms with Gasteiger partial charge in [-0.2, -0.15) is 5.10 Å². The lowest BCUT2D eigenvalue weighted by Crippen LogP contribution is -2.32. The molecule has 1 aromatic carbocycles. The highest BCUT2D eigenvalue weighted by Gasteiger charge is 2.22. The van der Waals surface area contributed by atoms with Gasteiger partial charge in [0.05, 0.1) is 12.3 Å². The molecule has 0 aliphatic carbocycles. The van der Waals surface area contributed by atoms with Crippen LogP contribution in [0.15, 0.2) is 24.3 Å². The lowest BCUT2D eigenvalue weighted by Gasteiger charge is -2.24. The van der Waals surface area contributed by atoms with Crippen molar-refractivity contribution >= 4 is 16.6 Å². The molecule has 0 saturated heterocycles. The largest absolute Gasteiger partial charge is 0.494 e. The first-order valence-electron chi connectivity index (χ1n) is 10.4. The zero-order chi connectivity index (χ0) is 21.1. The molecule has 6 heteroatoms. The van der Waals surface area contributed by atoms with E-state index in [9.17, 15) is 0 Å². The van der Waals surface area contributed by atoms with Gasteiger partial charge in [0.15, 0.2) is 5.82 Å². The number of aromatic nitrogens is 3. The van der Waals surface area contributed by atoms with Crippen molar-refractivity contribution in [2.45, 2.75) is 34.6 Å². The monoisotopic (exact) mass is 395 g/mol. The molecule has 0 aliphatic heterocycles. The molecule has 156 valence electrons. The summed E-state index contributed by atoms with van der Waals surface area (Å²) in [6, 6.07) is 8.29. The first kappa shape index (κ1) is 21.1. The molecule has 0 fully saturated rings. The van der Waals surface area contributed by atoms with Crippen LogP contribution in [-0.2, 0) is 0 Å². The van der Waals surface area contributed by atoms with Crippen LogP contribution in [-0.4, -0.2) is 60.0 Å². The Morgan fingerprint density at radius 3 is 2.14 bits per heavy atom. The second-order valence-corrected chi connectivity index (χ2v) is 7.68. The molecular weight excluding hydrogens is 362 g/mol. The van der Waals surface area contributed by atoms with Crippen LogP contribution >= 0.6 is 0 Å². The molecule has 0 amide bonds. The van der Waals surface area contributed by atoms with Gasteiger partial charge in [0.2, 0.25) is 0 Å². The molecule has 2 aromatic heterocycles. The van der Waals surface area contributed by atoms with Crippen molar-refractivity contribution in [2.75, 3.05) is 45.2 Å². The van der Waals surface area contributed by atoms with Crippen LogP contribution in [0, 0.1) is 20.8 Å². The van der Waals surface area contributed by atoms with Crippen molar-refractivity contribution in [1.29, 1.82) is 0 Å². The molecule has 0 spiro atoms. The summed E-state index contributed by atoms with van der Waals surface area (Å²) in [5, 5.41) is 11.5. The highest BCUT2D eigenvalue weighted by atomic mass is 16.5. The van der Waals surface area contributed by atoms with Crippen molar-refractivity contribution in [1.82, 2.24) is 19.7 Å². The molecule has 0 unspecified atom stereocenters. The lowest BCUT2D eigenvalue weighted by atomic mass is 10.1. The fourth-order valence-corrected chi connectivity index (χ4v) is 3.98. The van der Waals surface area contributed by atoms with E-state index in [1.807, 2.05) is 26.0 Å². The number of rotatable bonds is 8. The topological polar surface area (TPSA) is 46.4 Å². The molecule has 0 radical (unpaired) electrons. The summed E-state index contributed by atoms with van der Waals surface area (Å²) < 4.78 is 7.91. The Kier molecular flexibility index (Phi) is 6.42. The second-order valence-electron chi connectivity index (χ2n) is 7.68. The van der Waals surface area contributed by atoms with Crippen LogP contribution in [0.2, 0.25) is 0 Å². The van der Waals surface area contributed by atoms with E-state index < -0.39 is 0 Å². The molecule has 3 rings (SSSR count). The Hall–Kier alpha value is -2.60. The standard InChI is InChI=1S/C23H33N5O/c1-8-27(15-14-26(6)7)23-22-18(5)28(17(4)21(22)16(3)24-25-23)19-10-12-20(13-11-19)29-9-2/h10-13H,8-9,14-15H2,1-7H3. The number of aryl methyl sites for hydroxylation is 3. The van der Waals surface area contributed by atoms with E-state index in [0.717, 1.165) is 42.6 Å². The molecule has 6 nitrogen and oxygen atoms in total. The molecule has 3 aromatic rings. The third-order valence-electron chi connectivity index (χ3n) is 5.43. The summed E-state index contributed by atoms with van der Waals surface area (Å²) in [5.41, 5.74) is 4.48. The van der Waals surface area contributed by atoms with Crippen LogP contribution in [0.5, 0.6) is 5.75 Å². The molecule has 0 aliphatic rings. The molecule has 2 heterocycles. The fourth-order valence-electron chi connectivity index (χ4n) is 3.98. The average Bonchev–Trinajstić information content (AvgIpc) is 2.96. The quantitative estimate of drug-likeness (QED) is 0.574. The summed E-state index contributed by atoms with van der Waals surface area (Å²) in [5.74, 6) is 1.87. The second kappa shape index (κ2) is 8.82. The first-order chi connectivity index (χ1) is 13.9. The van der Waals surface area contributed by atoms with E-state index >= 15 is 0 Å². The molecule has 0 N–H and O–H groups in total. The molecular formula is C23H33N5O. The Balaban J connectivity index is 2.15. The van der Waals surface area contributed by atoms with E-state index in [-0.39, 0.29) is 0 Å². The molecule has 0 bridgehead atoms. The molecule has 0 saturated carbocycles. The van der Waals surface area contributed by atoms with Gasteiger partial charge >= 0.3 is 0 Å². The van der Waals surface area contributed by atoms with Gasteiger partial charge in [0, 0.05) is 47.5 Å². The van der Waals surface area contributed by atoms with E-state index in [2.05, 4.69) is 71.6 Å². The van der Waals surface area contributed by atoms with Gasteiger partial charge in [-0.05, 0) is 73.0 Å². The maximum atomic E-state index is 5.61. The lowest BCUT2D eigenvalue weighted by molar-refractivity contribution is 0.340. The van der Waals surface area contributed by atoms with Crippen LogP contribution < -0.4 is 9.64 Å². The number of hydrogen-bond acceptors (Lipinski definition) is 5. The van der Waals surface area contributed by atoms with E-state index in [0.29, 0.717) is 6.61 Å². The van der Waals surface area contributed by atoms with Gasteiger partial charge in [-0.15, -0.1) is 5.10 Å². The summed E-state index contributed by atoms with van der Waals surface area (Å²) >= 11 is 0. The van der Waals surface area contributed by atoms with Gasteiger partial charge in [0.25, 0.3) is 0 Å². The molecule has 0 atom stereocenters. The van der Waals surface area contributed by atoms with Gasteiger partial charge < -0.3 is 19.1 Å². The number of hydrogen-bond donors (Lipinski definition) is 0. The van der Waals surface area contributed by atoms with E-state index in [1.165, 1.54) is 22.2 Å². The van der Waals surface area contributed by atoms with Crippen LogP contribution in [0.3, 0.4) is 0 Å². The Morgan fingerprint density at radius 1 is 0.897 bits per heavy atom. The fraction of sp³-hybridized carbons (Fsp3) is 0.478. The third-order valence-corrected chi connectivity index (χ3v) is 5.43. The minimum atomic E-state index is 0.671. The highest BCUT2D eigenvalue weighted by Crippen LogP contribution is 2.35. The van der Waals surface area contributed by atoms with E-state index in [1.54, 1.807) is 0 Å². The minimum absolute atomic E-state index is 0.671. The van der Waals surface area contributed by atoms with Crippen molar-refractivity contribution in [3.8, 4) is 11.4 Å². The predicted octanol–water partition coefficient (Wildman–Crippen LogP) is 4.13. The summed E-state index contributed by atoms with van der Waals surface area (Å²) in [4.78, 5) is 4.52. The zero-order valence-electron chi connectivity index (χ0n) is 18.8. The summed E-state index contributed by atoms with van der Waals surface area (Å²) in [6.45, 7) is 14.0. The Morgan fingerprint density at radius 2 is 1.55 bits per heavy atom. The summed E-state index contributed by atoms with van der Waals surface area (Å²) in [6.07, 6.45) is 0.